The molecule has 0 unspecified atom stereocenters. The molecule has 2 aromatic rings. The van der Waals surface area contributed by atoms with Crippen molar-refractivity contribution in [1.82, 2.24) is 14.6 Å². The lowest BCUT2D eigenvalue weighted by Crippen LogP contribution is -2.02. The van der Waals surface area contributed by atoms with Crippen LogP contribution in [0, 0.1) is 12.3 Å². The van der Waals surface area contributed by atoms with Crippen molar-refractivity contribution in [2.75, 3.05) is 6.61 Å². The molecule has 3 rings (SSSR count). The monoisotopic (exact) mass is 216 g/mol. The standard InChI is InChI=1S/C12H14N3O/c1-2-10-7-13-15-6-5-11(14-12(10)15)16-8-9-3-4-9/h2,5-7,9H,3-4,8H2,1H3. The molecule has 0 aliphatic heterocycles. The summed E-state index contributed by atoms with van der Waals surface area (Å²) in [4.78, 5) is 4.45. The molecule has 0 bridgehead atoms. The third-order valence-electron chi connectivity index (χ3n) is 2.85. The van der Waals surface area contributed by atoms with E-state index in [1.165, 1.54) is 12.8 Å². The van der Waals surface area contributed by atoms with Gasteiger partial charge in [0, 0.05) is 17.8 Å². The van der Waals surface area contributed by atoms with E-state index in [1.54, 1.807) is 4.52 Å². The highest BCUT2D eigenvalue weighted by molar-refractivity contribution is 5.50. The third-order valence-corrected chi connectivity index (χ3v) is 2.85. The highest BCUT2D eigenvalue weighted by Gasteiger charge is 2.22. The molecule has 4 heteroatoms. The van der Waals surface area contributed by atoms with Crippen LogP contribution >= 0.6 is 0 Å². The van der Waals surface area contributed by atoms with Crippen LogP contribution in [0.25, 0.3) is 5.65 Å². The highest BCUT2D eigenvalue weighted by atomic mass is 16.5. The number of fused-ring (bicyclic) bond motifs is 1. The van der Waals surface area contributed by atoms with E-state index in [4.69, 9.17) is 4.74 Å². The Morgan fingerprint density at radius 1 is 1.56 bits per heavy atom. The fourth-order valence-electron chi connectivity index (χ4n) is 1.64. The minimum Gasteiger partial charge on any atom is -0.477 e. The van der Waals surface area contributed by atoms with E-state index in [2.05, 4.69) is 10.1 Å². The Kier molecular flexibility index (Phi) is 2.27. The molecule has 1 fully saturated rings. The van der Waals surface area contributed by atoms with Crippen LogP contribution in [0.2, 0.25) is 0 Å². The number of aromatic nitrogens is 3. The maximum atomic E-state index is 5.64. The second-order valence-electron chi connectivity index (χ2n) is 4.18. The summed E-state index contributed by atoms with van der Waals surface area (Å²) in [5.74, 6) is 1.45. The predicted molar refractivity (Wildman–Crippen MR) is 60.3 cm³/mol. The maximum Gasteiger partial charge on any atom is 0.216 e. The minimum absolute atomic E-state index is 0.697. The Hall–Kier alpha value is -1.58. The van der Waals surface area contributed by atoms with Crippen LogP contribution in [0.1, 0.15) is 25.3 Å². The molecule has 2 heterocycles. The van der Waals surface area contributed by atoms with E-state index in [1.807, 2.05) is 31.8 Å². The molecule has 0 N–H and O–H groups in total. The van der Waals surface area contributed by atoms with E-state index >= 15 is 0 Å². The summed E-state index contributed by atoms with van der Waals surface area (Å²) in [7, 11) is 0. The van der Waals surface area contributed by atoms with Crippen LogP contribution < -0.4 is 4.74 Å². The van der Waals surface area contributed by atoms with Gasteiger partial charge in [-0.1, -0.05) is 6.92 Å². The molecule has 2 aromatic heterocycles. The first-order valence-electron chi connectivity index (χ1n) is 5.63. The Balaban J connectivity index is 1.87. The van der Waals surface area contributed by atoms with Gasteiger partial charge in [0.1, 0.15) is 0 Å². The van der Waals surface area contributed by atoms with E-state index in [0.29, 0.717) is 5.88 Å². The van der Waals surface area contributed by atoms with Crippen molar-refractivity contribution in [1.29, 1.82) is 0 Å². The van der Waals surface area contributed by atoms with Crippen LogP contribution in [0.15, 0.2) is 18.5 Å². The highest BCUT2D eigenvalue weighted by Crippen LogP contribution is 2.29. The average molecular weight is 216 g/mol. The van der Waals surface area contributed by atoms with E-state index < -0.39 is 0 Å². The summed E-state index contributed by atoms with van der Waals surface area (Å²) in [5, 5.41) is 4.21. The molecule has 0 spiro atoms. The Morgan fingerprint density at radius 2 is 2.44 bits per heavy atom. The van der Waals surface area contributed by atoms with Gasteiger partial charge in [0.2, 0.25) is 5.88 Å². The van der Waals surface area contributed by atoms with E-state index in [9.17, 15) is 0 Å². The van der Waals surface area contributed by atoms with Gasteiger partial charge in [0.15, 0.2) is 5.65 Å². The van der Waals surface area contributed by atoms with E-state index in [0.717, 1.165) is 23.7 Å². The van der Waals surface area contributed by atoms with Crippen LogP contribution in [-0.2, 0) is 0 Å². The molecule has 1 aliphatic carbocycles. The minimum atomic E-state index is 0.697. The summed E-state index contributed by atoms with van der Waals surface area (Å²) in [6.45, 7) is 2.78. The van der Waals surface area contributed by atoms with Crippen molar-refractivity contribution in [2.45, 2.75) is 19.8 Å². The van der Waals surface area contributed by atoms with Crippen molar-refractivity contribution in [3.63, 3.8) is 0 Å². The predicted octanol–water partition coefficient (Wildman–Crippen LogP) is 2.09. The van der Waals surface area contributed by atoms with Gasteiger partial charge >= 0.3 is 0 Å². The molecule has 1 saturated carbocycles. The van der Waals surface area contributed by atoms with Crippen LogP contribution in [0.4, 0.5) is 0 Å². The maximum absolute atomic E-state index is 5.64. The largest absolute Gasteiger partial charge is 0.477 e. The molecular formula is C12H14N3O. The lowest BCUT2D eigenvalue weighted by Gasteiger charge is -2.04. The van der Waals surface area contributed by atoms with Gasteiger partial charge in [-0.2, -0.15) is 10.1 Å². The van der Waals surface area contributed by atoms with Gasteiger partial charge in [-0.3, -0.25) is 0 Å². The van der Waals surface area contributed by atoms with Crippen LogP contribution in [-0.4, -0.2) is 21.2 Å². The fourth-order valence-corrected chi connectivity index (χ4v) is 1.64. The lowest BCUT2D eigenvalue weighted by molar-refractivity contribution is 0.288. The summed E-state index contributed by atoms with van der Waals surface area (Å²) in [5.41, 5.74) is 1.90. The van der Waals surface area contributed by atoms with Crippen molar-refractivity contribution in [3.8, 4) is 5.88 Å². The van der Waals surface area contributed by atoms with Gasteiger partial charge in [-0.05, 0) is 25.2 Å². The molecule has 1 aliphatic rings. The summed E-state index contributed by atoms with van der Waals surface area (Å²) in [6.07, 6.45) is 8.29. The van der Waals surface area contributed by atoms with Crippen molar-refractivity contribution in [2.24, 2.45) is 5.92 Å². The first-order valence-corrected chi connectivity index (χ1v) is 5.63. The quantitative estimate of drug-likeness (QED) is 0.785. The number of rotatable bonds is 4. The van der Waals surface area contributed by atoms with Crippen molar-refractivity contribution >= 4 is 5.65 Å². The fraction of sp³-hybridized carbons (Fsp3) is 0.417. The second-order valence-corrected chi connectivity index (χ2v) is 4.18. The third kappa shape index (κ3) is 1.75. The SMILES string of the molecule is C[CH]c1cnn2ccc(OCC3CC3)nc12. The molecule has 0 atom stereocenters. The first kappa shape index (κ1) is 9.63. The zero-order valence-corrected chi connectivity index (χ0v) is 9.26. The van der Waals surface area contributed by atoms with Gasteiger partial charge in [-0.15, -0.1) is 0 Å². The average Bonchev–Trinajstić information content (AvgIpc) is 3.05. The summed E-state index contributed by atoms with van der Waals surface area (Å²) < 4.78 is 7.40. The smallest absolute Gasteiger partial charge is 0.216 e. The molecule has 0 aromatic carbocycles. The number of nitrogens with zero attached hydrogens (tertiary/aromatic N) is 3. The summed E-state index contributed by atoms with van der Waals surface area (Å²) >= 11 is 0. The van der Waals surface area contributed by atoms with Crippen molar-refractivity contribution < 1.29 is 4.74 Å². The molecular weight excluding hydrogens is 202 g/mol. The molecule has 16 heavy (non-hydrogen) atoms. The van der Waals surface area contributed by atoms with Crippen LogP contribution in [0.5, 0.6) is 5.88 Å². The number of ether oxygens (including phenoxy) is 1. The van der Waals surface area contributed by atoms with Crippen molar-refractivity contribution in [3.05, 3.63) is 30.4 Å². The molecule has 0 amide bonds. The van der Waals surface area contributed by atoms with Gasteiger partial charge in [0.25, 0.3) is 0 Å². The number of hydrogen-bond donors (Lipinski definition) is 0. The normalized spacial score (nSPS) is 15.6. The summed E-state index contributed by atoms with van der Waals surface area (Å²) in [6, 6.07) is 1.86. The Bertz CT molecular complexity index is 502. The van der Waals surface area contributed by atoms with Gasteiger partial charge < -0.3 is 4.74 Å². The lowest BCUT2D eigenvalue weighted by atomic mass is 10.3. The second kappa shape index (κ2) is 3.77. The Morgan fingerprint density at radius 3 is 3.19 bits per heavy atom. The zero-order valence-electron chi connectivity index (χ0n) is 9.26. The zero-order chi connectivity index (χ0) is 11.0. The first-order chi connectivity index (χ1) is 7.86. The molecule has 1 radical (unpaired) electrons. The molecule has 83 valence electrons. The number of hydrogen-bond acceptors (Lipinski definition) is 3. The Labute approximate surface area is 94.3 Å². The molecule has 4 nitrogen and oxygen atoms in total. The van der Waals surface area contributed by atoms with E-state index in [-0.39, 0.29) is 0 Å². The van der Waals surface area contributed by atoms with Gasteiger partial charge in [-0.25, -0.2) is 4.52 Å². The topological polar surface area (TPSA) is 39.4 Å². The van der Waals surface area contributed by atoms with Gasteiger partial charge in [0.05, 0.1) is 12.8 Å². The molecule has 0 saturated heterocycles. The van der Waals surface area contributed by atoms with Crippen LogP contribution in [0.3, 0.4) is 0 Å².